The van der Waals surface area contributed by atoms with Gasteiger partial charge < -0.3 is 4.52 Å². The lowest BCUT2D eigenvalue weighted by Crippen LogP contribution is -2.34. The molecule has 0 aliphatic heterocycles. The van der Waals surface area contributed by atoms with Crippen molar-refractivity contribution in [3.63, 3.8) is 0 Å². The SMILES string of the molecule is O=C(NC(=O)c1c(Cl)cccc1Cl)Nc1cc(-c2ccccc2)no1. The Morgan fingerprint density at radius 1 is 0.960 bits per heavy atom. The van der Waals surface area contributed by atoms with E-state index in [0.717, 1.165) is 5.56 Å². The monoisotopic (exact) mass is 375 g/mol. The zero-order valence-corrected chi connectivity index (χ0v) is 14.1. The van der Waals surface area contributed by atoms with E-state index in [1.54, 1.807) is 12.1 Å². The Labute approximate surface area is 152 Å². The zero-order valence-electron chi connectivity index (χ0n) is 12.6. The third-order valence-corrected chi connectivity index (χ3v) is 3.86. The highest BCUT2D eigenvalue weighted by Gasteiger charge is 2.18. The van der Waals surface area contributed by atoms with Gasteiger partial charge in [-0.2, -0.15) is 0 Å². The number of aromatic nitrogens is 1. The fraction of sp³-hybridized carbons (Fsp3) is 0. The van der Waals surface area contributed by atoms with Crippen molar-refractivity contribution in [2.75, 3.05) is 5.32 Å². The molecule has 3 aromatic rings. The minimum absolute atomic E-state index is 0.0172. The van der Waals surface area contributed by atoms with Crippen molar-refractivity contribution in [3.05, 3.63) is 70.2 Å². The predicted molar refractivity (Wildman–Crippen MR) is 94.9 cm³/mol. The van der Waals surface area contributed by atoms with Gasteiger partial charge in [0.15, 0.2) is 0 Å². The summed E-state index contributed by atoms with van der Waals surface area (Å²) in [6.07, 6.45) is 0. The molecule has 0 unspecified atom stereocenters. The third-order valence-electron chi connectivity index (χ3n) is 3.23. The van der Waals surface area contributed by atoms with Crippen LogP contribution in [0.3, 0.4) is 0 Å². The van der Waals surface area contributed by atoms with Gasteiger partial charge in [-0.3, -0.25) is 15.4 Å². The third kappa shape index (κ3) is 3.99. The van der Waals surface area contributed by atoms with Gasteiger partial charge in [-0.1, -0.05) is 64.8 Å². The molecule has 0 bridgehead atoms. The van der Waals surface area contributed by atoms with Crippen LogP contribution >= 0.6 is 23.2 Å². The second-order valence-electron chi connectivity index (χ2n) is 4.95. The number of hydrogen-bond acceptors (Lipinski definition) is 4. The maximum Gasteiger partial charge on any atom is 0.328 e. The van der Waals surface area contributed by atoms with Gasteiger partial charge in [-0.05, 0) is 12.1 Å². The molecule has 0 atom stereocenters. The number of carbonyl (C=O) groups is 2. The molecule has 1 heterocycles. The number of benzene rings is 2. The lowest BCUT2D eigenvalue weighted by Gasteiger charge is -2.07. The van der Waals surface area contributed by atoms with Crippen LogP contribution in [-0.2, 0) is 0 Å². The summed E-state index contributed by atoms with van der Waals surface area (Å²) in [6, 6.07) is 14.6. The molecule has 8 heteroatoms. The normalized spacial score (nSPS) is 10.3. The van der Waals surface area contributed by atoms with Gasteiger partial charge in [0.1, 0.15) is 5.69 Å². The first-order valence-electron chi connectivity index (χ1n) is 7.13. The van der Waals surface area contributed by atoms with Crippen molar-refractivity contribution >= 4 is 41.0 Å². The highest BCUT2D eigenvalue weighted by Crippen LogP contribution is 2.24. The first-order valence-corrected chi connectivity index (χ1v) is 7.88. The lowest BCUT2D eigenvalue weighted by molar-refractivity contribution is 0.0967. The van der Waals surface area contributed by atoms with Gasteiger partial charge in [0.25, 0.3) is 5.91 Å². The molecule has 3 rings (SSSR count). The Bertz CT molecular complexity index is 906. The van der Waals surface area contributed by atoms with E-state index in [2.05, 4.69) is 15.8 Å². The van der Waals surface area contributed by atoms with E-state index in [4.69, 9.17) is 27.7 Å². The Balaban J connectivity index is 1.67. The number of rotatable bonds is 3. The van der Waals surface area contributed by atoms with E-state index >= 15 is 0 Å². The van der Waals surface area contributed by atoms with Crippen LogP contribution in [0.1, 0.15) is 10.4 Å². The van der Waals surface area contributed by atoms with E-state index < -0.39 is 11.9 Å². The molecule has 0 aliphatic rings. The molecule has 0 radical (unpaired) electrons. The number of carbonyl (C=O) groups excluding carboxylic acids is 2. The van der Waals surface area contributed by atoms with Crippen LogP contribution in [0, 0.1) is 0 Å². The molecule has 1 aromatic heterocycles. The highest BCUT2D eigenvalue weighted by atomic mass is 35.5. The van der Waals surface area contributed by atoms with E-state index in [1.165, 1.54) is 12.1 Å². The van der Waals surface area contributed by atoms with Crippen LogP contribution in [0.25, 0.3) is 11.3 Å². The van der Waals surface area contributed by atoms with Crippen LogP contribution in [-0.4, -0.2) is 17.1 Å². The molecule has 0 saturated carbocycles. The minimum atomic E-state index is -0.795. The summed E-state index contributed by atoms with van der Waals surface area (Å²) < 4.78 is 5.04. The van der Waals surface area contributed by atoms with Crippen LogP contribution in [0.4, 0.5) is 10.7 Å². The summed E-state index contributed by atoms with van der Waals surface area (Å²) in [5, 5.41) is 8.66. The van der Waals surface area contributed by atoms with E-state index in [-0.39, 0.29) is 21.5 Å². The van der Waals surface area contributed by atoms with Crippen molar-refractivity contribution in [1.29, 1.82) is 0 Å². The maximum absolute atomic E-state index is 12.1. The number of amides is 3. The molecule has 0 saturated heterocycles. The summed E-state index contributed by atoms with van der Waals surface area (Å²) in [5.74, 6) is -0.634. The largest absolute Gasteiger partial charge is 0.338 e. The van der Waals surface area contributed by atoms with Gasteiger partial charge in [-0.25, -0.2) is 4.79 Å². The first-order chi connectivity index (χ1) is 12.0. The average Bonchev–Trinajstić information content (AvgIpc) is 3.03. The van der Waals surface area contributed by atoms with Crippen molar-refractivity contribution in [2.45, 2.75) is 0 Å². The summed E-state index contributed by atoms with van der Waals surface area (Å²) in [7, 11) is 0. The Kier molecular flexibility index (Phi) is 5.02. The van der Waals surface area contributed by atoms with Crippen molar-refractivity contribution in [2.24, 2.45) is 0 Å². The maximum atomic E-state index is 12.1. The van der Waals surface area contributed by atoms with Crippen LogP contribution in [0.15, 0.2) is 59.1 Å². The van der Waals surface area contributed by atoms with Crippen LogP contribution in [0.2, 0.25) is 10.0 Å². The molecular formula is C17H11Cl2N3O3. The summed E-state index contributed by atoms with van der Waals surface area (Å²) >= 11 is 11.9. The van der Waals surface area contributed by atoms with Gasteiger partial charge in [0.2, 0.25) is 5.88 Å². The fourth-order valence-corrected chi connectivity index (χ4v) is 2.67. The number of urea groups is 1. The molecule has 0 spiro atoms. The standard InChI is InChI=1S/C17H11Cl2N3O3/c18-11-7-4-8-12(19)15(11)16(23)21-17(24)20-14-9-13(22-25-14)10-5-2-1-3-6-10/h1-9H,(H2,20,21,23,24). The van der Waals surface area contributed by atoms with Gasteiger partial charge in [-0.15, -0.1) is 0 Å². The van der Waals surface area contributed by atoms with Gasteiger partial charge in [0, 0.05) is 11.6 Å². The molecule has 2 aromatic carbocycles. The number of imide groups is 1. The van der Waals surface area contributed by atoms with E-state index in [0.29, 0.717) is 5.69 Å². The molecule has 3 amide bonds. The molecule has 0 fully saturated rings. The predicted octanol–water partition coefficient (Wildman–Crippen LogP) is 4.61. The number of hydrogen-bond donors (Lipinski definition) is 2. The molecule has 2 N–H and O–H groups in total. The van der Waals surface area contributed by atoms with Crippen molar-refractivity contribution in [3.8, 4) is 11.3 Å². The average molecular weight is 376 g/mol. The van der Waals surface area contributed by atoms with Gasteiger partial charge >= 0.3 is 6.03 Å². The quantitative estimate of drug-likeness (QED) is 0.699. The number of nitrogens with zero attached hydrogens (tertiary/aromatic N) is 1. The molecule has 25 heavy (non-hydrogen) atoms. The van der Waals surface area contributed by atoms with Crippen molar-refractivity contribution < 1.29 is 14.1 Å². The number of anilines is 1. The van der Waals surface area contributed by atoms with Crippen LogP contribution < -0.4 is 10.6 Å². The molecule has 6 nitrogen and oxygen atoms in total. The molecule has 126 valence electrons. The summed E-state index contributed by atoms with van der Waals surface area (Å²) in [4.78, 5) is 24.1. The second kappa shape index (κ2) is 7.38. The smallest absolute Gasteiger partial charge is 0.328 e. The second-order valence-corrected chi connectivity index (χ2v) is 5.76. The Morgan fingerprint density at radius 2 is 1.64 bits per heavy atom. The zero-order chi connectivity index (χ0) is 17.8. The van der Waals surface area contributed by atoms with Crippen molar-refractivity contribution in [1.82, 2.24) is 10.5 Å². The minimum Gasteiger partial charge on any atom is -0.338 e. The van der Waals surface area contributed by atoms with E-state index in [9.17, 15) is 9.59 Å². The van der Waals surface area contributed by atoms with Crippen LogP contribution in [0.5, 0.6) is 0 Å². The van der Waals surface area contributed by atoms with E-state index in [1.807, 2.05) is 30.3 Å². The lowest BCUT2D eigenvalue weighted by atomic mass is 10.2. The Hall–Kier alpha value is -2.83. The molecular weight excluding hydrogens is 365 g/mol. The Morgan fingerprint density at radius 3 is 2.32 bits per heavy atom. The van der Waals surface area contributed by atoms with Gasteiger partial charge in [0.05, 0.1) is 15.6 Å². The number of nitrogens with one attached hydrogen (secondary N) is 2. The first kappa shape index (κ1) is 17.0. The summed E-state index contributed by atoms with van der Waals surface area (Å²) in [6.45, 7) is 0. The highest BCUT2D eigenvalue weighted by molar-refractivity contribution is 6.40. The topological polar surface area (TPSA) is 84.2 Å². The summed E-state index contributed by atoms with van der Waals surface area (Å²) in [5.41, 5.74) is 1.40. The number of halogens is 2. The molecule has 0 aliphatic carbocycles. The fourth-order valence-electron chi connectivity index (χ4n) is 2.10.